The van der Waals surface area contributed by atoms with Crippen LogP contribution in [-0.2, 0) is 25.6 Å². The predicted octanol–water partition coefficient (Wildman–Crippen LogP) is 4.15. The lowest BCUT2D eigenvalue weighted by Gasteiger charge is -2.32. The number of likely N-dealkylation sites (tertiary alicyclic amines) is 2. The molecule has 232 valence electrons. The van der Waals surface area contributed by atoms with Crippen LogP contribution in [0.25, 0.3) is 0 Å². The van der Waals surface area contributed by atoms with Crippen LogP contribution in [0, 0.1) is 0 Å². The molecule has 8 nitrogen and oxygen atoms in total. The van der Waals surface area contributed by atoms with Gasteiger partial charge in [-0.15, -0.1) is 0 Å². The average molecular weight is 607 g/mol. The van der Waals surface area contributed by atoms with Gasteiger partial charge in [-0.05, 0) is 62.2 Å². The number of amides is 3. The normalized spacial score (nSPS) is 21.0. The van der Waals surface area contributed by atoms with E-state index in [0.717, 1.165) is 55.2 Å². The van der Waals surface area contributed by atoms with Gasteiger partial charge >= 0.3 is 0 Å². The van der Waals surface area contributed by atoms with Crippen LogP contribution < -0.4 is 10.6 Å². The second-order valence-corrected chi connectivity index (χ2v) is 12.9. The third kappa shape index (κ3) is 9.41. The van der Waals surface area contributed by atoms with Gasteiger partial charge in [-0.3, -0.25) is 24.1 Å². The number of rotatable bonds is 12. The van der Waals surface area contributed by atoms with Gasteiger partial charge in [0.2, 0.25) is 22.8 Å². The fourth-order valence-electron chi connectivity index (χ4n) is 6.18. The molecule has 0 aromatic heterocycles. The van der Waals surface area contributed by atoms with Crippen molar-refractivity contribution in [3.05, 3.63) is 71.8 Å². The Morgan fingerprint density at radius 1 is 0.930 bits per heavy atom. The van der Waals surface area contributed by atoms with Crippen molar-refractivity contribution in [1.82, 2.24) is 20.4 Å². The molecular formula is C34H46N4O4S. The summed E-state index contributed by atoms with van der Waals surface area (Å²) in [5.74, 6) is -0.745. The maximum Gasteiger partial charge on any atom is 0.245 e. The van der Waals surface area contributed by atoms with Crippen LogP contribution >= 0.6 is 11.8 Å². The molecular weight excluding hydrogens is 560 g/mol. The zero-order valence-corrected chi connectivity index (χ0v) is 26.3. The van der Waals surface area contributed by atoms with Gasteiger partial charge < -0.3 is 15.5 Å². The molecule has 0 saturated carbocycles. The zero-order chi connectivity index (χ0) is 30.6. The number of piperidine rings is 1. The summed E-state index contributed by atoms with van der Waals surface area (Å²) < 4.78 is 0. The van der Waals surface area contributed by atoms with Gasteiger partial charge in [-0.1, -0.05) is 92.2 Å². The average Bonchev–Trinajstić information content (AvgIpc) is 3.19. The number of carbonyl (C=O) groups excluding carboxylic acids is 4. The second kappa shape index (κ2) is 16.6. The van der Waals surface area contributed by atoms with E-state index in [1.54, 1.807) is 11.9 Å². The molecule has 0 spiro atoms. The van der Waals surface area contributed by atoms with Crippen molar-refractivity contribution in [2.24, 2.45) is 0 Å². The van der Waals surface area contributed by atoms with Crippen molar-refractivity contribution in [2.45, 2.75) is 81.5 Å². The fourth-order valence-corrected chi connectivity index (χ4v) is 7.28. The van der Waals surface area contributed by atoms with Crippen LogP contribution in [0.3, 0.4) is 0 Å². The van der Waals surface area contributed by atoms with Gasteiger partial charge in [-0.25, -0.2) is 0 Å². The van der Waals surface area contributed by atoms with Gasteiger partial charge in [-0.2, -0.15) is 0 Å². The maximum absolute atomic E-state index is 14.2. The molecule has 4 rings (SSSR count). The van der Waals surface area contributed by atoms with E-state index >= 15 is 0 Å². The second-order valence-electron chi connectivity index (χ2n) is 11.6. The Morgan fingerprint density at radius 2 is 1.60 bits per heavy atom. The molecule has 2 N–H and O–H groups in total. The first-order valence-electron chi connectivity index (χ1n) is 15.7. The third-order valence-corrected chi connectivity index (χ3v) is 9.65. The lowest BCUT2D eigenvalue weighted by molar-refractivity contribution is -0.142. The smallest absolute Gasteiger partial charge is 0.245 e. The molecule has 0 bridgehead atoms. The van der Waals surface area contributed by atoms with Crippen LogP contribution in [-0.4, -0.2) is 83.2 Å². The van der Waals surface area contributed by atoms with E-state index in [1.165, 1.54) is 6.42 Å². The van der Waals surface area contributed by atoms with E-state index in [1.807, 2.05) is 55.5 Å². The molecule has 2 aromatic carbocycles. The Labute approximate surface area is 260 Å². The number of hydrogen-bond acceptors (Lipinski definition) is 6. The predicted molar refractivity (Wildman–Crippen MR) is 172 cm³/mol. The van der Waals surface area contributed by atoms with Crippen LogP contribution in [0.1, 0.15) is 68.9 Å². The minimum absolute atomic E-state index is 0.00553. The summed E-state index contributed by atoms with van der Waals surface area (Å²) >= 11 is 1.10. The summed E-state index contributed by atoms with van der Waals surface area (Å²) in [5, 5.41) is 5.23. The first-order chi connectivity index (χ1) is 20.9. The highest BCUT2D eigenvalue weighted by molar-refractivity contribution is 8.14. The molecule has 43 heavy (non-hydrogen) atoms. The number of nitrogens with zero attached hydrogens (tertiary/aromatic N) is 2. The van der Waals surface area contributed by atoms with E-state index in [4.69, 9.17) is 0 Å². The van der Waals surface area contributed by atoms with Crippen molar-refractivity contribution in [3.8, 4) is 0 Å². The van der Waals surface area contributed by atoms with Crippen molar-refractivity contribution in [1.29, 1.82) is 0 Å². The summed E-state index contributed by atoms with van der Waals surface area (Å²) in [6.45, 7) is 4.58. The first-order valence-corrected chi connectivity index (χ1v) is 16.6. The van der Waals surface area contributed by atoms with E-state index in [0.29, 0.717) is 38.8 Å². The molecule has 2 aliphatic heterocycles. The van der Waals surface area contributed by atoms with Gasteiger partial charge in [0.1, 0.15) is 12.1 Å². The highest BCUT2D eigenvalue weighted by Gasteiger charge is 2.39. The van der Waals surface area contributed by atoms with E-state index in [-0.39, 0.29) is 28.8 Å². The molecule has 0 aliphatic carbocycles. The molecule has 2 aliphatic rings. The maximum atomic E-state index is 14.2. The molecule has 0 unspecified atom stereocenters. The Bertz CT molecular complexity index is 1210. The van der Waals surface area contributed by atoms with Crippen LogP contribution in [0.4, 0.5) is 0 Å². The summed E-state index contributed by atoms with van der Waals surface area (Å²) in [6, 6.07) is 18.2. The number of carbonyl (C=O) groups is 4. The molecule has 2 saturated heterocycles. The number of nitrogens with one attached hydrogen (secondary N) is 2. The summed E-state index contributed by atoms with van der Waals surface area (Å²) in [7, 11) is 1.59. The van der Waals surface area contributed by atoms with E-state index in [2.05, 4.69) is 27.7 Å². The quantitative estimate of drug-likeness (QED) is 0.377. The lowest BCUT2D eigenvalue weighted by Crippen LogP contribution is -2.56. The monoisotopic (exact) mass is 606 g/mol. The molecule has 3 amide bonds. The highest BCUT2D eigenvalue weighted by Crippen LogP contribution is 2.31. The van der Waals surface area contributed by atoms with Gasteiger partial charge in [0.15, 0.2) is 0 Å². The molecule has 4 atom stereocenters. The minimum Gasteiger partial charge on any atom is -0.357 e. The Hall–Kier alpha value is -3.17. The summed E-state index contributed by atoms with van der Waals surface area (Å²) in [4.78, 5) is 58.0. The highest BCUT2D eigenvalue weighted by atomic mass is 32.2. The molecule has 2 heterocycles. The SMILES string of the molecule is CCC[C@H](SC(=O)CN1CCCCC1)C(=O)N[C@H]1C[C@H](c2ccccc2)CCN([C@@H](Cc2ccccc2)C(=O)NC)C1=O. The lowest BCUT2D eigenvalue weighted by atomic mass is 9.90. The molecule has 9 heteroatoms. The molecule has 0 radical (unpaired) electrons. The first kappa shape index (κ1) is 32.7. The number of hydrogen-bond donors (Lipinski definition) is 2. The fraction of sp³-hybridized carbons (Fsp3) is 0.529. The Balaban J connectivity index is 1.55. The minimum atomic E-state index is -0.805. The summed E-state index contributed by atoms with van der Waals surface area (Å²) in [6.07, 6.45) is 6.17. The van der Waals surface area contributed by atoms with Crippen LogP contribution in [0.15, 0.2) is 60.7 Å². The largest absolute Gasteiger partial charge is 0.357 e. The van der Waals surface area contributed by atoms with Crippen molar-refractivity contribution >= 4 is 34.6 Å². The Kier molecular flexibility index (Phi) is 12.7. The van der Waals surface area contributed by atoms with Crippen molar-refractivity contribution in [2.75, 3.05) is 33.2 Å². The number of thioether (sulfide) groups is 1. The van der Waals surface area contributed by atoms with Gasteiger partial charge in [0.05, 0.1) is 11.8 Å². The van der Waals surface area contributed by atoms with Crippen molar-refractivity contribution in [3.63, 3.8) is 0 Å². The number of likely N-dealkylation sites (N-methyl/N-ethyl adjacent to an activating group) is 1. The topological polar surface area (TPSA) is 98.8 Å². The summed E-state index contributed by atoms with van der Waals surface area (Å²) in [5.41, 5.74) is 2.06. The Morgan fingerprint density at radius 3 is 2.26 bits per heavy atom. The van der Waals surface area contributed by atoms with Crippen LogP contribution in [0.2, 0.25) is 0 Å². The molecule has 2 fully saturated rings. The zero-order valence-electron chi connectivity index (χ0n) is 25.5. The van der Waals surface area contributed by atoms with Crippen LogP contribution in [0.5, 0.6) is 0 Å². The van der Waals surface area contributed by atoms with E-state index in [9.17, 15) is 19.2 Å². The molecule has 2 aromatic rings. The van der Waals surface area contributed by atoms with Gasteiger partial charge in [0, 0.05) is 20.0 Å². The van der Waals surface area contributed by atoms with E-state index < -0.39 is 17.3 Å². The van der Waals surface area contributed by atoms with Crippen molar-refractivity contribution < 1.29 is 19.2 Å². The number of benzene rings is 2. The standard InChI is InChI=1S/C34H46N4O4S/c1-3-13-30(43-31(39)24-37-19-11-6-12-20-37)33(41)36-28-23-27(26-16-9-5-10-17-26)18-21-38(34(28)42)29(32(40)35-2)22-25-14-7-4-8-15-25/h4-5,7-10,14-17,27-30H,3,6,11-13,18-24H2,1-2H3,(H,35,40)(H,36,41)/t27-,28+,29+,30+/m1/s1. The van der Waals surface area contributed by atoms with Gasteiger partial charge in [0.25, 0.3) is 0 Å². The third-order valence-electron chi connectivity index (χ3n) is 8.52.